The van der Waals surface area contributed by atoms with Gasteiger partial charge in [0.05, 0.1) is 19.3 Å². The molecule has 224 valence electrons. The summed E-state index contributed by atoms with van der Waals surface area (Å²) in [4.78, 5) is 38.1. The van der Waals surface area contributed by atoms with Crippen molar-refractivity contribution in [2.75, 3.05) is 39.9 Å². The van der Waals surface area contributed by atoms with Gasteiger partial charge in [-0.3, -0.25) is 14.7 Å². The van der Waals surface area contributed by atoms with Crippen molar-refractivity contribution in [1.29, 1.82) is 0 Å². The molecular weight excluding hydrogens is 546 g/mol. The standard InChI is InChI=1S/C33H37N5O5/c1-42-29-10-9-26-23-30(29)43-22-6-18-38(32(39)25-11-13-34-14-12-25)17-5-4-16-36(20-21-37-19-15-35-31(26)37)24-27-7-2-3-8-28(27)33(40)41/h2-3,7-15,19,23H,4-6,16-18,20-22,24H2,1H3,(H,40,41). The van der Waals surface area contributed by atoms with Gasteiger partial charge in [0, 0.05) is 68.6 Å². The highest BCUT2D eigenvalue weighted by Crippen LogP contribution is 2.32. The minimum absolute atomic E-state index is 0.0300. The number of hydrogen-bond acceptors (Lipinski definition) is 7. The van der Waals surface area contributed by atoms with E-state index < -0.39 is 5.97 Å². The van der Waals surface area contributed by atoms with Gasteiger partial charge in [0.15, 0.2) is 11.5 Å². The number of amides is 1. The fourth-order valence-electron chi connectivity index (χ4n) is 5.37. The van der Waals surface area contributed by atoms with Crippen LogP contribution in [0.2, 0.25) is 0 Å². The van der Waals surface area contributed by atoms with Crippen molar-refractivity contribution in [2.45, 2.75) is 32.4 Å². The van der Waals surface area contributed by atoms with Crippen LogP contribution >= 0.6 is 0 Å². The number of carbonyl (C=O) groups excluding carboxylic acids is 1. The molecule has 0 fully saturated rings. The van der Waals surface area contributed by atoms with E-state index in [1.807, 2.05) is 41.4 Å². The van der Waals surface area contributed by atoms with Crippen molar-refractivity contribution in [3.05, 3.63) is 96.1 Å². The number of methoxy groups -OCH3 is 1. The van der Waals surface area contributed by atoms with Crippen molar-refractivity contribution < 1.29 is 24.2 Å². The Morgan fingerprint density at radius 3 is 2.53 bits per heavy atom. The van der Waals surface area contributed by atoms with Gasteiger partial charge in [-0.1, -0.05) is 18.2 Å². The molecule has 43 heavy (non-hydrogen) atoms. The molecule has 1 amide bonds. The molecule has 2 aromatic heterocycles. The smallest absolute Gasteiger partial charge is 0.336 e. The molecule has 0 atom stereocenters. The first-order chi connectivity index (χ1) is 21.0. The molecule has 4 aromatic rings. The Labute approximate surface area is 251 Å². The van der Waals surface area contributed by atoms with Gasteiger partial charge in [0.25, 0.3) is 5.91 Å². The Morgan fingerprint density at radius 2 is 1.72 bits per heavy atom. The predicted molar refractivity (Wildman–Crippen MR) is 162 cm³/mol. The fourth-order valence-corrected chi connectivity index (χ4v) is 5.37. The van der Waals surface area contributed by atoms with E-state index in [1.165, 1.54) is 0 Å². The van der Waals surface area contributed by atoms with Gasteiger partial charge in [0.2, 0.25) is 0 Å². The number of benzene rings is 2. The predicted octanol–water partition coefficient (Wildman–Crippen LogP) is 4.86. The largest absolute Gasteiger partial charge is 0.493 e. The van der Waals surface area contributed by atoms with Crippen LogP contribution in [0.3, 0.4) is 0 Å². The first kappa shape index (κ1) is 29.8. The molecule has 5 rings (SSSR count). The van der Waals surface area contributed by atoms with E-state index in [1.54, 1.807) is 50.0 Å². The second-order valence-corrected chi connectivity index (χ2v) is 10.5. The zero-order chi connectivity index (χ0) is 30.0. The fraction of sp³-hybridized carbons (Fsp3) is 0.333. The van der Waals surface area contributed by atoms with E-state index >= 15 is 0 Å². The summed E-state index contributed by atoms with van der Waals surface area (Å²) in [6.07, 6.45) is 9.31. The molecule has 0 saturated carbocycles. The molecular formula is C33H37N5O5. The first-order valence-electron chi connectivity index (χ1n) is 14.6. The van der Waals surface area contributed by atoms with Gasteiger partial charge >= 0.3 is 5.97 Å². The maximum Gasteiger partial charge on any atom is 0.336 e. The number of imidazole rings is 1. The molecule has 10 heteroatoms. The third-order valence-electron chi connectivity index (χ3n) is 7.63. The van der Waals surface area contributed by atoms with Crippen molar-refractivity contribution in [3.63, 3.8) is 0 Å². The zero-order valence-corrected chi connectivity index (χ0v) is 24.4. The SMILES string of the molecule is COc1ccc2cc1OCCCN(C(=O)c1ccncc1)CCCCN(Cc1ccccc1C(=O)O)CCn1ccnc1-2. The molecule has 10 nitrogen and oxygen atoms in total. The maximum absolute atomic E-state index is 13.4. The van der Waals surface area contributed by atoms with Gasteiger partial charge in [0.1, 0.15) is 5.82 Å². The molecule has 2 bridgehead atoms. The molecule has 0 aliphatic carbocycles. The number of ether oxygens (including phenoxy) is 2. The number of aromatic carboxylic acids is 1. The van der Waals surface area contributed by atoms with Crippen LogP contribution < -0.4 is 9.47 Å². The summed E-state index contributed by atoms with van der Waals surface area (Å²) in [5.41, 5.74) is 2.60. The quantitative estimate of drug-likeness (QED) is 0.355. The van der Waals surface area contributed by atoms with Crippen LogP contribution in [0.1, 0.15) is 45.5 Å². The van der Waals surface area contributed by atoms with E-state index in [0.29, 0.717) is 68.4 Å². The second-order valence-electron chi connectivity index (χ2n) is 10.5. The zero-order valence-electron chi connectivity index (χ0n) is 24.4. The van der Waals surface area contributed by atoms with E-state index in [0.717, 1.165) is 36.3 Å². The number of carbonyl (C=O) groups is 2. The van der Waals surface area contributed by atoms with E-state index in [2.05, 4.69) is 19.4 Å². The Hall–Kier alpha value is -4.70. The molecule has 0 radical (unpaired) electrons. The van der Waals surface area contributed by atoms with Crippen molar-refractivity contribution in [1.82, 2.24) is 24.3 Å². The van der Waals surface area contributed by atoms with Crippen LogP contribution in [0.25, 0.3) is 11.4 Å². The number of rotatable bonds is 5. The van der Waals surface area contributed by atoms with Crippen molar-refractivity contribution in [2.24, 2.45) is 0 Å². The third-order valence-corrected chi connectivity index (χ3v) is 7.63. The Bertz CT molecular complexity index is 1520. The van der Waals surface area contributed by atoms with Crippen molar-refractivity contribution in [3.8, 4) is 22.9 Å². The van der Waals surface area contributed by atoms with Gasteiger partial charge < -0.3 is 24.0 Å². The lowest BCUT2D eigenvalue weighted by Gasteiger charge is -2.26. The third kappa shape index (κ3) is 7.58. The summed E-state index contributed by atoms with van der Waals surface area (Å²) in [7, 11) is 1.62. The summed E-state index contributed by atoms with van der Waals surface area (Å²) in [6, 6.07) is 16.4. The average molecular weight is 584 g/mol. The summed E-state index contributed by atoms with van der Waals surface area (Å²) in [6.45, 7) is 4.19. The maximum atomic E-state index is 13.4. The highest BCUT2D eigenvalue weighted by Gasteiger charge is 2.18. The average Bonchev–Trinajstić information content (AvgIpc) is 3.51. The number of carboxylic acid groups (broad SMARTS) is 1. The molecule has 3 heterocycles. The highest BCUT2D eigenvalue weighted by molar-refractivity contribution is 5.94. The van der Waals surface area contributed by atoms with Crippen LogP contribution in [0.4, 0.5) is 0 Å². The highest BCUT2D eigenvalue weighted by atomic mass is 16.5. The Kier molecular flexibility index (Phi) is 10.0. The molecule has 1 aliphatic rings. The molecule has 1 aliphatic heterocycles. The first-order valence-corrected chi connectivity index (χ1v) is 14.6. The minimum atomic E-state index is -0.930. The van der Waals surface area contributed by atoms with Crippen LogP contribution in [0, 0.1) is 0 Å². The van der Waals surface area contributed by atoms with Gasteiger partial charge in [-0.05, 0) is 67.8 Å². The Balaban J connectivity index is 1.42. The Morgan fingerprint density at radius 1 is 0.930 bits per heavy atom. The van der Waals surface area contributed by atoms with Crippen molar-refractivity contribution >= 4 is 11.9 Å². The summed E-state index contributed by atoms with van der Waals surface area (Å²) >= 11 is 0. The molecule has 0 saturated heterocycles. The van der Waals surface area contributed by atoms with Crippen LogP contribution in [-0.2, 0) is 13.1 Å². The molecule has 1 N–H and O–H groups in total. The van der Waals surface area contributed by atoms with Gasteiger partial charge in [-0.25, -0.2) is 9.78 Å². The number of hydrogen-bond donors (Lipinski definition) is 1. The summed E-state index contributed by atoms with van der Waals surface area (Å²) in [5, 5.41) is 9.77. The van der Waals surface area contributed by atoms with Gasteiger partial charge in [-0.2, -0.15) is 0 Å². The second kappa shape index (κ2) is 14.5. The van der Waals surface area contributed by atoms with Crippen LogP contribution in [0.5, 0.6) is 11.5 Å². The lowest BCUT2D eigenvalue weighted by molar-refractivity contribution is 0.0693. The van der Waals surface area contributed by atoms with E-state index in [4.69, 9.17) is 9.47 Å². The van der Waals surface area contributed by atoms with Crippen LogP contribution in [-0.4, -0.2) is 81.2 Å². The summed E-state index contributed by atoms with van der Waals surface area (Å²) < 4.78 is 13.8. The number of carboxylic acids is 1. The lowest BCUT2D eigenvalue weighted by atomic mass is 10.1. The monoisotopic (exact) mass is 583 g/mol. The number of nitrogens with zero attached hydrogens (tertiary/aromatic N) is 5. The van der Waals surface area contributed by atoms with E-state index in [-0.39, 0.29) is 5.91 Å². The number of fused-ring (bicyclic) bond motifs is 4. The topological polar surface area (TPSA) is 110 Å². The number of pyridine rings is 1. The lowest BCUT2D eigenvalue weighted by Crippen LogP contribution is -2.34. The molecule has 0 unspecified atom stereocenters. The molecule has 2 aromatic carbocycles. The minimum Gasteiger partial charge on any atom is -0.493 e. The van der Waals surface area contributed by atoms with Crippen LogP contribution in [0.15, 0.2) is 79.4 Å². The normalized spacial score (nSPS) is 15.1. The summed E-state index contributed by atoms with van der Waals surface area (Å²) in [5.74, 6) is 1.11. The van der Waals surface area contributed by atoms with Gasteiger partial charge in [-0.15, -0.1) is 0 Å². The number of aromatic nitrogens is 3. The van der Waals surface area contributed by atoms with E-state index in [9.17, 15) is 14.7 Å². The molecule has 0 spiro atoms.